The summed E-state index contributed by atoms with van der Waals surface area (Å²) in [5.74, 6) is -0.829. The highest BCUT2D eigenvalue weighted by Crippen LogP contribution is 2.46. The van der Waals surface area contributed by atoms with Gasteiger partial charge in [0.1, 0.15) is 11.5 Å². The highest BCUT2D eigenvalue weighted by molar-refractivity contribution is 6.05. The molecule has 4 heteroatoms. The van der Waals surface area contributed by atoms with E-state index in [4.69, 9.17) is 4.74 Å². The number of ether oxygens (including phenoxy) is 1. The minimum Gasteiger partial charge on any atom is -0.507 e. The first kappa shape index (κ1) is 13.9. The second kappa shape index (κ2) is 4.74. The third-order valence-electron chi connectivity index (χ3n) is 3.97. The molecule has 0 radical (unpaired) electrons. The Morgan fingerprint density at radius 1 is 1.43 bits per heavy atom. The van der Waals surface area contributed by atoms with E-state index >= 15 is 0 Å². The molecule has 0 fully saturated rings. The molecule has 1 heterocycles. The van der Waals surface area contributed by atoms with Gasteiger partial charge in [0.25, 0.3) is 0 Å². The number of fused-ring (bicyclic) bond motifs is 3. The summed E-state index contributed by atoms with van der Waals surface area (Å²) in [5, 5.41) is 22.0. The van der Waals surface area contributed by atoms with Gasteiger partial charge < -0.3 is 14.9 Å². The molecular formula is C17H18O4. The van der Waals surface area contributed by atoms with Crippen LogP contribution in [0, 0.1) is 0 Å². The lowest BCUT2D eigenvalue weighted by atomic mass is 9.93. The fourth-order valence-corrected chi connectivity index (χ4v) is 3.08. The molecule has 2 aromatic rings. The Balaban J connectivity index is 2.29. The van der Waals surface area contributed by atoms with Gasteiger partial charge in [-0.1, -0.05) is 19.1 Å². The maximum atomic E-state index is 11.9. The second-order valence-corrected chi connectivity index (χ2v) is 5.64. The molecule has 0 amide bonds. The van der Waals surface area contributed by atoms with Crippen LogP contribution in [0.15, 0.2) is 24.3 Å². The van der Waals surface area contributed by atoms with Crippen molar-refractivity contribution in [3.05, 3.63) is 35.4 Å². The Labute approximate surface area is 123 Å². The maximum Gasteiger partial charge on any atom is 0.212 e. The second-order valence-electron chi connectivity index (χ2n) is 5.64. The monoisotopic (exact) mass is 286 g/mol. The van der Waals surface area contributed by atoms with E-state index in [2.05, 4.69) is 0 Å². The van der Waals surface area contributed by atoms with Gasteiger partial charge in [0.2, 0.25) is 5.79 Å². The molecule has 0 spiro atoms. The average molecular weight is 286 g/mol. The summed E-state index contributed by atoms with van der Waals surface area (Å²) in [6, 6.07) is 6.89. The largest absolute Gasteiger partial charge is 0.507 e. The Bertz CT molecular complexity index is 735. The number of benzene rings is 2. The first-order chi connectivity index (χ1) is 9.95. The first-order valence-corrected chi connectivity index (χ1v) is 7.15. The van der Waals surface area contributed by atoms with Gasteiger partial charge in [-0.25, -0.2) is 0 Å². The molecule has 0 aromatic heterocycles. The quantitative estimate of drug-likeness (QED) is 0.850. The van der Waals surface area contributed by atoms with Crippen LogP contribution in [0.25, 0.3) is 10.8 Å². The number of phenols is 1. The third-order valence-corrected chi connectivity index (χ3v) is 3.97. The predicted molar refractivity (Wildman–Crippen MR) is 79.8 cm³/mol. The van der Waals surface area contributed by atoms with Gasteiger partial charge in [-0.15, -0.1) is 0 Å². The average Bonchev–Trinajstić information content (AvgIpc) is 2.74. The number of rotatable bonds is 3. The zero-order valence-electron chi connectivity index (χ0n) is 12.1. The Morgan fingerprint density at radius 2 is 2.19 bits per heavy atom. The normalized spacial score (nSPS) is 20.3. The third kappa shape index (κ3) is 2.16. The molecular weight excluding hydrogens is 268 g/mol. The summed E-state index contributed by atoms with van der Waals surface area (Å²) >= 11 is 0. The van der Waals surface area contributed by atoms with E-state index in [1.807, 2.05) is 13.0 Å². The van der Waals surface area contributed by atoms with E-state index < -0.39 is 5.79 Å². The lowest BCUT2D eigenvalue weighted by Crippen LogP contribution is -2.33. The molecule has 0 saturated carbocycles. The number of aliphatic hydroxyl groups is 1. The van der Waals surface area contributed by atoms with Gasteiger partial charge in [-0.05, 0) is 30.9 Å². The van der Waals surface area contributed by atoms with Gasteiger partial charge in [-0.3, -0.25) is 4.79 Å². The lowest BCUT2D eigenvalue weighted by molar-refractivity contribution is -0.126. The van der Waals surface area contributed by atoms with Crippen LogP contribution >= 0.6 is 0 Å². The molecule has 0 bridgehead atoms. The van der Waals surface area contributed by atoms with Gasteiger partial charge in [0, 0.05) is 24.0 Å². The van der Waals surface area contributed by atoms with E-state index in [0.29, 0.717) is 28.7 Å². The van der Waals surface area contributed by atoms with Crippen molar-refractivity contribution in [3.63, 3.8) is 0 Å². The van der Waals surface area contributed by atoms with E-state index in [1.165, 1.54) is 6.92 Å². The molecule has 1 aliphatic heterocycles. The zero-order chi connectivity index (χ0) is 15.2. The van der Waals surface area contributed by atoms with Crippen molar-refractivity contribution < 1.29 is 19.7 Å². The smallest absolute Gasteiger partial charge is 0.212 e. The fourth-order valence-electron chi connectivity index (χ4n) is 3.08. The molecule has 2 N–H and O–H groups in total. The van der Waals surface area contributed by atoms with E-state index in [0.717, 1.165) is 11.8 Å². The molecule has 1 aliphatic rings. The van der Waals surface area contributed by atoms with Crippen molar-refractivity contribution in [1.82, 2.24) is 0 Å². The minimum atomic E-state index is -1.29. The number of carbonyl (C=O) groups is 1. The van der Waals surface area contributed by atoms with Crippen molar-refractivity contribution in [2.45, 2.75) is 38.9 Å². The molecule has 21 heavy (non-hydrogen) atoms. The van der Waals surface area contributed by atoms with Crippen molar-refractivity contribution in [3.8, 4) is 11.5 Å². The number of ketones is 1. The van der Waals surface area contributed by atoms with E-state index in [9.17, 15) is 15.0 Å². The predicted octanol–water partition coefficient (Wildman–Crippen LogP) is 3.17. The van der Waals surface area contributed by atoms with Crippen LogP contribution in [-0.2, 0) is 6.42 Å². The standard InChI is InChI=1S/C17H18O4/c1-3-7-17(20)9-13-12(10(2)18)8-11-5-4-6-14(19)15(11)16(13)21-17/h4-6,8,19-20H,3,7,9H2,1-2H3. The van der Waals surface area contributed by atoms with Crippen molar-refractivity contribution >= 4 is 16.6 Å². The SMILES string of the molecule is CCCC1(O)Cc2c(C(C)=O)cc3cccc(O)c3c2O1. The summed E-state index contributed by atoms with van der Waals surface area (Å²) in [5.41, 5.74) is 1.24. The van der Waals surface area contributed by atoms with Crippen LogP contribution in [0.1, 0.15) is 42.6 Å². The van der Waals surface area contributed by atoms with Crippen molar-refractivity contribution in [1.29, 1.82) is 0 Å². The zero-order valence-corrected chi connectivity index (χ0v) is 12.1. The van der Waals surface area contributed by atoms with E-state index in [-0.39, 0.29) is 18.0 Å². The summed E-state index contributed by atoms with van der Waals surface area (Å²) < 4.78 is 5.76. The van der Waals surface area contributed by atoms with Crippen LogP contribution in [0.4, 0.5) is 0 Å². The van der Waals surface area contributed by atoms with Crippen LogP contribution in [0.3, 0.4) is 0 Å². The van der Waals surface area contributed by atoms with Crippen molar-refractivity contribution in [2.24, 2.45) is 0 Å². The lowest BCUT2D eigenvalue weighted by Gasteiger charge is -2.21. The van der Waals surface area contributed by atoms with Crippen LogP contribution in [0.5, 0.6) is 11.5 Å². The maximum absolute atomic E-state index is 11.9. The summed E-state index contributed by atoms with van der Waals surface area (Å²) in [7, 11) is 0. The molecule has 0 aliphatic carbocycles. The van der Waals surface area contributed by atoms with Crippen LogP contribution in [-0.4, -0.2) is 21.8 Å². The van der Waals surface area contributed by atoms with Crippen molar-refractivity contribution in [2.75, 3.05) is 0 Å². The minimum absolute atomic E-state index is 0.0687. The van der Waals surface area contributed by atoms with Gasteiger partial charge in [0.05, 0.1) is 5.39 Å². The van der Waals surface area contributed by atoms with Gasteiger partial charge >= 0.3 is 0 Å². The molecule has 1 unspecified atom stereocenters. The number of Topliss-reactive ketones (excluding diaryl/α,β-unsaturated/α-hetero) is 1. The Morgan fingerprint density at radius 3 is 2.86 bits per heavy atom. The fraction of sp³-hybridized carbons (Fsp3) is 0.353. The number of hydrogen-bond donors (Lipinski definition) is 2. The van der Waals surface area contributed by atoms with Crippen LogP contribution < -0.4 is 4.74 Å². The van der Waals surface area contributed by atoms with E-state index in [1.54, 1.807) is 18.2 Å². The summed E-state index contributed by atoms with van der Waals surface area (Å²) in [4.78, 5) is 11.9. The Kier molecular flexibility index (Phi) is 3.14. The molecule has 110 valence electrons. The highest BCUT2D eigenvalue weighted by atomic mass is 16.6. The number of hydrogen-bond acceptors (Lipinski definition) is 4. The molecule has 3 rings (SSSR count). The van der Waals surface area contributed by atoms with Gasteiger partial charge in [-0.2, -0.15) is 0 Å². The number of phenolic OH excluding ortho intramolecular Hbond substituents is 1. The topological polar surface area (TPSA) is 66.8 Å². The number of aromatic hydroxyl groups is 1. The molecule has 4 nitrogen and oxygen atoms in total. The molecule has 1 atom stereocenters. The van der Waals surface area contributed by atoms with Crippen LogP contribution in [0.2, 0.25) is 0 Å². The molecule has 2 aromatic carbocycles. The highest BCUT2D eigenvalue weighted by Gasteiger charge is 2.40. The number of carbonyl (C=O) groups excluding carboxylic acids is 1. The summed E-state index contributed by atoms with van der Waals surface area (Å²) in [6.07, 6.45) is 1.52. The molecule has 0 saturated heterocycles. The Hall–Kier alpha value is -2.07. The van der Waals surface area contributed by atoms with Gasteiger partial charge in [0.15, 0.2) is 5.78 Å². The summed E-state index contributed by atoms with van der Waals surface area (Å²) in [6.45, 7) is 3.47. The first-order valence-electron chi connectivity index (χ1n) is 7.15.